The molecule has 1 aliphatic rings. The topological polar surface area (TPSA) is 9.23 Å². The van der Waals surface area contributed by atoms with Gasteiger partial charge in [0, 0.05) is 22.1 Å². The normalized spacial score (nSPS) is 25.7. The van der Waals surface area contributed by atoms with Crippen LogP contribution in [0.3, 0.4) is 0 Å². The number of ether oxygens (including phenoxy) is 1. The van der Waals surface area contributed by atoms with Gasteiger partial charge in [0.05, 0.1) is 6.10 Å². The second kappa shape index (κ2) is 5.37. The molecular weight excluding hydrogens is 272 g/mol. The van der Waals surface area contributed by atoms with Crippen molar-refractivity contribution in [3.8, 4) is 0 Å². The summed E-state index contributed by atoms with van der Waals surface area (Å²) in [5.74, 6) is 1.08. The zero-order valence-corrected chi connectivity index (χ0v) is 11.2. The molecule has 0 amide bonds. The Kier molecular flexibility index (Phi) is 4.12. The highest BCUT2D eigenvalue weighted by Gasteiger charge is 2.24. The van der Waals surface area contributed by atoms with E-state index in [2.05, 4.69) is 47.1 Å². The highest BCUT2D eigenvalue weighted by atomic mass is 79.9. The molecule has 2 unspecified atom stereocenters. The number of hydrogen-bond acceptors (Lipinski definition) is 2. The van der Waals surface area contributed by atoms with E-state index in [4.69, 9.17) is 4.74 Å². The average molecular weight is 287 g/mol. The van der Waals surface area contributed by atoms with E-state index in [9.17, 15) is 0 Å². The SMILES string of the molecule is CC1OCCC1SCc1cccc(Br)c1. The van der Waals surface area contributed by atoms with Gasteiger partial charge >= 0.3 is 0 Å². The van der Waals surface area contributed by atoms with Gasteiger partial charge < -0.3 is 4.74 Å². The smallest absolute Gasteiger partial charge is 0.0666 e. The quantitative estimate of drug-likeness (QED) is 0.835. The van der Waals surface area contributed by atoms with Gasteiger partial charge in [-0.2, -0.15) is 11.8 Å². The lowest BCUT2D eigenvalue weighted by Gasteiger charge is -2.13. The Balaban J connectivity index is 1.87. The molecule has 0 radical (unpaired) electrons. The molecule has 0 aliphatic carbocycles. The van der Waals surface area contributed by atoms with Crippen LogP contribution in [-0.2, 0) is 10.5 Å². The third kappa shape index (κ3) is 3.23. The molecule has 1 heterocycles. The molecule has 1 nitrogen and oxygen atoms in total. The van der Waals surface area contributed by atoms with Crippen LogP contribution in [0.5, 0.6) is 0 Å². The van der Waals surface area contributed by atoms with Crippen LogP contribution < -0.4 is 0 Å². The van der Waals surface area contributed by atoms with Crippen LogP contribution in [0.25, 0.3) is 0 Å². The van der Waals surface area contributed by atoms with Gasteiger partial charge in [0.25, 0.3) is 0 Å². The monoisotopic (exact) mass is 286 g/mol. The molecule has 1 aliphatic heterocycles. The molecule has 1 fully saturated rings. The Bertz CT molecular complexity index is 329. The maximum atomic E-state index is 5.55. The second-order valence-electron chi connectivity index (χ2n) is 3.84. The van der Waals surface area contributed by atoms with Crippen LogP contribution in [0.2, 0.25) is 0 Å². The van der Waals surface area contributed by atoms with Crippen LogP contribution in [0.4, 0.5) is 0 Å². The first-order valence-electron chi connectivity index (χ1n) is 5.23. The molecule has 0 N–H and O–H groups in total. The Labute approximate surface area is 104 Å². The van der Waals surface area contributed by atoms with Crippen molar-refractivity contribution < 1.29 is 4.74 Å². The Morgan fingerprint density at radius 2 is 2.40 bits per heavy atom. The van der Waals surface area contributed by atoms with Gasteiger partial charge in [0.1, 0.15) is 0 Å². The van der Waals surface area contributed by atoms with Gasteiger partial charge in [0.2, 0.25) is 0 Å². The Morgan fingerprint density at radius 1 is 1.53 bits per heavy atom. The van der Waals surface area contributed by atoms with E-state index >= 15 is 0 Å². The van der Waals surface area contributed by atoms with Gasteiger partial charge in [-0.25, -0.2) is 0 Å². The van der Waals surface area contributed by atoms with Gasteiger partial charge in [0.15, 0.2) is 0 Å². The first-order valence-corrected chi connectivity index (χ1v) is 7.07. The van der Waals surface area contributed by atoms with E-state index in [-0.39, 0.29) is 0 Å². The molecule has 82 valence electrons. The second-order valence-corrected chi connectivity index (χ2v) is 5.99. The fourth-order valence-corrected chi connectivity index (χ4v) is 3.41. The van der Waals surface area contributed by atoms with Crippen molar-refractivity contribution >= 4 is 27.7 Å². The number of hydrogen-bond donors (Lipinski definition) is 0. The largest absolute Gasteiger partial charge is 0.377 e. The first kappa shape index (κ1) is 11.5. The van der Waals surface area contributed by atoms with Crippen LogP contribution in [0.1, 0.15) is 18.9 Å². The summed E-state index contributed by atoms with van der Waals surface area (Å²) in [4.78, 5) is 0. The summed E-state index contributed by atoms with van der Waals surface area (Å²) in [6.07, 6.45) is 1.61. The lowest BCUT2D eigenvalue weighted by molar-refractivity contribution is 0.127. The predicted octanol–water partition coefficient (Wildman–Crippen LogP) is 3.86. The minimum atomic E-state index is 0.419. The van der Waals surface area contributed by atoms with Crippen LogP contribution in [0.15, 0.2) is 28.7 Å². The summed E-state index contributed by atoms with van der Waals surface area (Å²) in [5.41, 5.74) is 1.38. The molecule has 0 bridgehead atoms. The van der Waals surface area contributed by atoms with Crippen LogP contribution in [0, 0.1) is 0 Å². The van der Waals surface area contributed by atoms with Crippen molar-refractivity contribution in [1.82, 2.24) is 0 Å². The lowest BCUT2D eigenvalue weighted by atomic mass is 10.2. The molecule has 0 aromatic heterocycles. The van der Waals surface area contributed by atoms with Gasteiger partial charge in [-0.05, 0) is 31.0 Å². The molecule has 1 aromatic carbocycles. The minimum absolute atomic E-state index is 0.419. The molecule has 1 saturated heterocycles. The summed E-state index contributed by atoms with van der Waals surface area (Å²) in [7, 11) is 0. The number of halogens is 1. The summed E-state index contributed by atoms with van der Waals surface area (Å²) in [6, 6.07) is 8.52. The molecule has 0 saturated carbocycles. The maximum absolute atomic E-state index is 5.55. The van der Waals surface area contributed by atoms with Crippen molar-refractivity contribution in [1.29, 1.82) is 0 Å². The van der Waals surface area contributed by atoms with Crippen LogP contribution >= 0.6 is 27.7 Å². The summed E-state index contributed by atoms with van der Waals surface area (Å²) < 4.78 is 6.71. The molecule has 2 rings (SSSR count). The average Bonchev–Trinajstić information content (AvgIpc) is 2.61. The lowest BCUT2D eigenvalue weighted by Crippen LogP contribution is -2.13. The van der Waals surface area contributed by atoms with E-state index in [1.54, 1.807) is 0 Å². The highest BCUT2D eigenvalue weighted by Crippen LogP contribution is 2.29. The van der Waals surface area contributed by atoms with Crippen molar-refractivity contribution in [3.05, 3.63) is 34.3 Å². The molecule has 3 heteroatoms. The van der Waals surface area contributed by atoms with E-state index < -0.39 is 0 Å². The molecule has 1 aromatic rings. The van der Waals surface area contributed by atoms with E-state index in [0.29, 0.717) is 11.4 Å². The zero-order valence-electron chi connectivity index (χ0n) is 8.78. The van der Waals surface area contributed by atoms with Crippen molar-refractivity contribution in [3.63, 3.8) is 0 Å². The molecule has 2 atom stereocenters. The third-order valence-electron chi connectivity index (χ3n) is 2.66. The molecule has 0 spiro atoms. The van der Waals surface area contributed by atoms with Crippen molar-refractivity contribution in [2.24, 2.45) is 0 Å². The highest BCUT2D eigenvalue weighted by molar-refractivity contribution is 9.10. The fraction of sp³-hybridized carbons (Fsp3) is 0.500. The third-order valence-corrected chi connectivity index (χ3v) is 4.70. The standard InChI is InChI=1S/C12H15BrOS/c1-9-12(5-6-14-9)15-8-10-3-2-4-11(13)7-10/h2-4,7,9,12H,5-6,8H2,1H3. The zero-order chi connectivity index (χ0) is 10.7. The van der Waals surface area contributed by atoms with Crippen molar-refractivity contribution in [2.45, 2.75) is 30.5 Å². The van der Waals surface area contributed by atoms with Crippen LogP contribution in [-0.4, -0.2) is 18.0 Å². The molecule has 15 heavy (non-hydrogen) atoms. The van der Waals surface area contributed by atoms with Gasteiger partial charge in [-0.1, -0.05) is 28.1 Å². The van der Waals surface area contributed by atoms with E-state index in [1.807, 2.05) is 11.8 Å². The number of rotatable bonds is 3. The van der Waals surface area contributed by atoms with E-state index in [1.165, 1.54) is 12.0 Å². The summed E-state index contributed by atoms with van der Waals surface area (Å²) in [5, 5.41) is 0.670. The maximum Gasteiger partial charge on any atom is 0.0666 e. The fourth-order valence-electron chi connectivity index (χ4n) is 1.76. The summed E-state index contributed by atoms with van der Waals surface area (Å²) in [6.45, 7) is 3.10. The first-order chi connectivity index (χ1) is 7.25. The number of benzene rings is 1. The van der Waals surface area contributed by atoms with Crippen molar-refractivity contribution in [2.75, 3.05) is 6.61 Å². The van der Waals surface area contributed by atoms with E-state index in [0.717, 1.165) is 16.8 Å². The van der Waals surface area contributed by atoms with Gasteiger partial charge in [-0.15, -0.1) is 0 Å². The Morgan fingerprint density at radius 3 is 3.07 bits per heavy atom. The number of thioether (sulfide) groups is 1. The summed E-state index contributed by atoms with van der Waals surface area (Å²) >= 11 is 5.50. The minimum Gasteiger partial charge on any atom is -0.377 e. The van der Waals surface area contributed by atoms with Gasteiger partial charge in [-0.3, -0.25) is 0 Å². The Hall–Kier alpha value is 0.01000. The predicted molar refractivity (Wildman–Crippen MR) is 69.3 cm³/mol. The molecular formula is C12H15BrOS.